The van der Waals surface area contributed by atoms with Crippen LogP contribution < -0.4 is 0 Å². The number of aryl methyl sites for hydroxylation is 1. The van der Waals surface area contributed by atoms with E-state index in [1.54, 1.807) is 6.33 Å². The van der Waals surface area contributed by atoms with Crippen LogP contribution in [-0.2, 0) is 6.42 Å². The minimum Gasteiger partial charge on any atom is -0.340 e. The summed E-state index contributed by atoms with van der Waals surface area (Å²) in [4.78, 5) is 22.3. The third kappa shape index (κ3) is 3.03. The minimum atomic E-state index is 0.0279. The molecule has 0 spiro atoms. The van der Waals surface area contributed by atoms with Gasteiger partial charge < -0.3 is 9.88 Å². The summed E-state index contributed by atoms with van der Waals surface area (Å²) in [6.07, 6.45) is 6.41. The Kier molecular flexibility index (Phi) is 4.56. The summed E-state index contributed by atoms with van der Waals surface area (Å²) in [6, 6.07) is 9.83. The van der Waals surface area contributed by atoms with Gasteiger partial charge in [0, 0.05) is 30.3 Å². The number of carbonyl (C=O) groups is 1. The Morgan fingerprint density at radius 2 is 2.00 bits per heavy atom. The number of benzene rings is 1. The van der Waals surface area contributed by atoms with Crippen molar-refractivity contribution in [3.63, 3.8) is 0 Å². The second kappa shape index (κ2) is 7.15. The SMILES string of the molecule is CCc1cn[nH]c1C1CCN(C(=O)c2[nH]cnc2-c2ccccc2)CC1. The van der Waals surface area contributed by atoms with Crippen LogP contribution in [0, 0.1) is 0 Å². The topological polar surface area (TPSA) is 77.7 Å². The van der Waals surface area contributed by atoms with Crippen LogP contribution in [0.3, 0.4) is 0 Å². The van der Waals surface area contributed by atoms with Crippen LogP contribution >= 0.6 is 0 Å². The van der Waals surface area contributed by atoms with E-state index in [-0.39, 0.29) is 5.91 Å². The first kappa shape index (κ1) is 16.6. The zero-order valence-corrected chi connectivity index (χ0v) is 14.9. The van der Waals surface area contributed by atoms with Gasteiger partial charge in [-0.05, 0) is 24.8 Å². The quantitative estimate of drug-likeness (QED) is 0.758. The molecular formula is C20H23N5O. The monoisotopic (exact) mass is 349 g/mol. The lowest BCUT2D eigenvalue weighted by Gasteiger charge is -2.31. The summed E-state index contributed by atoms with van der Waals surface area (Å²) in [7, 11) is 0. The number of imidazole rings is 1. The molecule has 1 aromatic carbocycles. The Balaban J connectivity index is 1.47. The smallest absolute Gasteiger partial charge is 0.272 e. The number of aromatic amines is 2. The van der Waals surface area contributed by atoms with Gasteiger partial charge in [-0.2, -0.15) is 5.10 Å². The van der Waals surface area contributed by atoms with Gasteiger partial charge in [-0.25, -0.2) is 4.98 Å². The molecule has 3 heterocycles. The average Bonchev–Trinajstić information content (AvgIpc) is 3.37. The lowest BCUT2D eigenvalue weighted by molar-refractivity contribution is 0.0707. The standard InChI is InChI=1S/C20H23N5O/c1-2-14-12-23-24-17(14)16-8-10-25(11-9-16)20(26)19-18(21-13-22-19)15-6-4-3-5-7-15/h3-7,12-13,16H,2,8-11H2,1H3,(H,21,22)(H,23,24). The van der Waals surface area contributed by atoms with E-state index in [4.69, 9.17) is 0 Å². The third-order valence-corrected chi connectivity index (χ3v) is 5.22. The normalized spacial score (nSPS) is 15.3. The highest BCUT2D eigenvalue weighted by Gasteiger charge is 2.28. The molecule has 0 radical (unpaired) electrons. The van der Waals surface area contributed by atoms with Gasteiger partial charge in [-0.15, -0.1) is 0 Å². The molecule has 2 aromatic heterocycles. The highest BCUT2D eigenvalue weighted by Crippen LogP contribution is 2.30. The van der Waals surface area contributed by atoms with Gasteiger partial charge in [0.15, 0.2) is 0 Å². The molecule has 1 saturated heterocycles. The van der Waals surface area contributed by atoms with Crippen LogP contribution in [0.15, 0.2) is 42.9 Å². The Morgan fingerprint density at radius 1 is 1.23 bits per heavy atom. The van der Waals surface area contributed by atoms with Gasteiger partial charge in [0.2, 0.25) is 0 Å². The minimum absolute atomic E-state index is 0.0279. The second-order valence-electron chi connectivity index (χ2n) is 6.72. The van der Waals surface area contributed by atoms with E-state index < -0.39 is 0 Å². The molecule has 26 heavy (non-hydrogen) atoms. The molecule has 0 atom stereocenters. The molecule has 1 fully saturated rings. The predicted octanol–water partition coefficient (Wildman–Crippen LogP) is 3.38. The van der Waals surface area contributed by atoms with Crippen LogP contribution in [-0.4, -0.2) is 44.1 Å². The molecule has 1 amide bonds. The highest BCUT2D eigenvalue weighted by atomic mass is 16.2. The van der Waals surface area contributed by atoms with E-state index in [0.29, 0.717) is 11.6 Å². The maximum Gasteiger partial charge on any atom is 0.272 e. The number of nitrogens with one attached hydrogen (secondary N) is 2. The molecule has 0 bridgehead atoms. The second-order valence-corrected chi connectivity index (χ2v) is 6.72. The molecule has 1 aliphatic heterocycles. The zero-order valence-electron chi connectivity index (χ0n) is 14.9. The number of rotatable bonds is 4. The molecule has 6 heteroatoms. The Hall–Kier alpha value is -2.89. The highest BCUT2D eigenvalue weighted by molar-refractivity contribution is 5.98. The van der Waals surface area contributed by atoms with E-state index in [1.807, 2.05) is 41.4 Å². The lowest BCUT2D eigenvalue weighted by atomic mass is 9.90. The fourth-order valence-corrected chi connectivity index (χ4v) is 3.76. The number of H-pyrrole nitrogens is 2. The first-order chi connectivity index (χ1) is 12.8. The summed E-state index contributed by atoms with van der Waals surface area (Å²) >= 11 is 0. The van der Waals surface area contributed by atoms with Gasteiger partial charge in [-0.3, -0.25) is 9.89 Å². The number of nitrogens with zero attached hydrogens (tertiary/aromatic N) is 3. The van der Waals surface area contributed by atoms with Crippen LogP contribution in [0.25, 0.3) is 11.3 Å². The van der Waals surface area contributed by atoms with Crippen molar-refractivity contribution in [3.05, 3.63) is 59.8 Å². The van der Waals surface area contributed by atoms with E-state index in [2.05, 4.69) is 27.1 Å². The Morgan fingerprint density at radius 3 is 2.73 bits per heavy atom. The first-order valence-electron chi connectivity index (χ1n) is 9.18. The lowest BCUT2D eigenvalue weighted by Crippen LogP contribution is -2.38. The average molecular weight is 349 g/mol. The van der Waals surface area contributed by atoms with Gasteiger partial charge in [-0.1, -0.05) is 37.3 Å². The van der Waals surface area contributed by atoms with Crippen molar-refractivity contribution < 1.29 is 4.79 Å². The third-order valence-electron chi connectivity index (χ3n) is 5.22. The van der Waals surface area contributed by atoms with Crippen molar-refractivity contribution in [2.24, 2.45) is 0 Å². The maximum absolute atomic E-state index is 13.0. The number of likely N-dealkylation sites (tertiary alicyclic amines) is 1. The molecule has 1 aliphatic rings. The number of hydrogen-bond donors (Lipinski definition) is 2. The molecule has 134 valence electrons. The predicted molar refractivity (Wildman–Crippen MR) is 99.9 cm³/mol. The fourth-order valence-electron chi connectivity index (χ4n) is 3.76. The van der Waals surface area contributed by atoms with E-state index in [1.165, 1.54) is 11.3 Å². The molecule has 0 aliphatic carbocycles. The number of piperidine rings is 1. The van der Waals surface area contributed by atoms with E-state index >= 15 is 0 Å². The molecule has 2 N–H and O–H groups in total. The van der Waals surface area contributed by atoms with Crippen LogP contribution in [0.2, 0.25) is 0 Å². The summed E-state index contributed by atoms with van der Waals surface area (Å²) in [5.41, 5.74) is 4.78. The summed E-state index contributed by atoms with van der Waals surface area (Å²) in [5.74, 6) is 0.479. The Labute approximate surface area is 152 Å². The first-order valence-corrected chi connectivity index (χ1v) is 9.18. The molecule has 6 nitrogen and oxygen atoms in total. The van der Waals surface area contributed by atoms with Crippen LogP contribution in [0.1, 0.15) is 47.4 Å². The fraction of sp³-hybridized carbons (Fsp3) is 0.350. The maximum atomic E-state index is 13.0. The van der Waals surface area contributed by atoms with Crippen molar-refractivity contribution in [1.29, 1.82) is 0 Å². The zero-order chi connectivity index (χ0) is 17.9. The summed E-state index contributed by atoms with van der Waals surface area (Å²) < 4.78 is 0. The van der Waals surface area contributed by atoms with E-state index in [0.717, 1.165) is 43.6 Å². The number of carbonyl (C=O) groups excluding carboxylic acids is 1. The molecule has 3 aromatic rings. The van der Waals surface area contributed by atoms with Crippen molar-refractivity contribution in [3.8, 4) is 11.3 Å². The van der Waals surface area contributed by atoms with Gasteiger partial charge in [0.25, 0.3) is 5.91 Å². The van der Waals surface area contributed by atoms with E-state index in [9.17, 15) is 4.79 Å². The number of hydrogen-bond acceptors (Lipinski definition) is 3. The number of aromatic nitrogens is 4. The van der Waals surface area contributed by atoms with Crippen molar-refractivity contribution >= 4 is 5.91 Å². The molecule has 0 unspecified atom stereocenters. The largest absolute Gasteiger partial charge is 0.340 e. The van der Waals surface area contributed by atoms with Gasteiger partial charge >= 0.3 is 0 Å². The number of amides is 1. The molecule has 0 saturated carbocycles. The van der Waals surface area contributed by atoms with Crippen molar-refractivity contribution in [2.75, 3.05) is 13.1 Å². The summed E-state index contributed by atoms with van der Waals surface area (Å²) in [6.45, 7) is 3.65. The molecular weight excluding hydrogens is 326 g/mol. The summed E-state index contributed by atoms with van der Waals surface area (Å²) in [5, 5.41) is 7.35. The van der Waals surface area contributed by atoms with Gasteiger partial charge in [0.05, 0.1) is 12.5 Å². The molecule has 4 rings (SSSR count). The Bertz CT molecular complexity index is 875. The van der Waals surface area contributed by atoms with Crippen LogP contribution in [0.5, 0.6) is 0 Å². The van der Waals surface area contributed by atoms with Gasteiger partial charge in [0.1, 0.15) is 11.4 Å². The van der Waals surface area contributed by atoms with Crippen molar-refractivity contribution in [2.45, 2.75) is 32.1 Å². The van der Waals surface area contributed by atoms with Crippen LogP contribution in [0.4, 0.5) is 0 Å². The van der Waals surface area contributed by atoms with Crippen molar-refractivity contribution in [1.82, 2.24) is 25.1 Å².